The third kappa shape index (κ3) is 2.30. The lowest BCUT2D eigenvalue weighted by Crippen LogP contribution is -1.89. The summed E-state index contributed by atoms with van der Waals surface area (Å²) in [5.41, 5.74) is 3.73. The van der Waals surface area contributed by atoms with E-state index < -0.39 is 0 Å². The maximum atomic E-state index is 9.08. The molecule has 4 nitrogen and oxygen atoms in total. The molecule has 94 valence electrons. The van der Waals surface area contributed by atoms with Crippen LogP contribution in [-0.2, 0) is 0 Å². The normalized spacial score (nSPS) is 10.5. The fourth-order valence-corrected chi connectivity index (χ4v) is 3.19. The van der Waals surface area contributed by atoms with Crippen LogP contribution in [0.15, 0.2) is 34.8 Å². The molecule has 3 aromatic rings. The molecule has 2 aromatic heterocycles. The van der Waals surface area contributed by atoms with Gasteiger partial charge in [-0.05, 0) is 48.1 Å². The predicted octanol–water partition coefficient (Wildman–Crippen LogP) is 3.92. The summed E-state index contributed by atoms with van der Waals surface area (Å²) in [5, 5.41) is 12.0. The lowest BCUT2D eigenvalue weighted by Gasteiger charge is -2.07. The number of aryl methyl sites for hydroxylation is 1. The minimum Gasteiger partial charge on any atom is -0.358 e. The van der Waals surface area contributed by atoms with E-state index in [1.54, 1.807) is 6.20 Å². The van der Waals surface area contributed by atoms with Crippen LogP contribution in [0, 0.1) is 18.3 Å². The number of aromatic amines is 1. The lowest BCUT2D eigenvalue weighted by molar-refractivity contribution is 1.43. The van der Waals surface area contributed by atoms with Crippen LogP contribution in [0.3, 0.4) is 0 Å². The molecule has 0 fully saturated rings. The second-order valence-corrected chi connectivity index (χ2v) is 5.65. The summed E-state index contributed by atoms with van der Waals surface area (Å²) in [4.78, 5) is 4.23. The molecule has 0 radical (unpaired) electrons. The second kappa shape index (κ2) is 4.96. The highest BCUT2D eigenvalue weighted by Gasteiger charge is 2.09. The molecule has 2 N–H and O–H groups in total. The van der Waals surface area contributed by atoms with Crippen molar-refractivity contribution in [2.24, 2.45) is 0 Å². The zero-order valence-corrected chi connectivity index (χ0v) is 11.7. The van der Waals surface area contributed by atoms with Crippen LogP contribution in [0.2, 0.25) is 0 Å². The largest absolute Gasteiger partial charge is 0.358 e. The van der Waals surface area contributed by atoms with Crippen LogP contribution < -0.4 is 4.72 Å². The number of nitrogens with zero attached hydrogens (tertiary/aromatic N) is 2. The number of nitrogens with one attached hydrogen (secondary N) is 2. The van der Waals surface area contributed by atoms with Gasteiger partial charge in [0.25, 0.3) is 0 Å². The first kappa shape index (κ1) is 12.1. The molecular formula is C13H10N4S2. The molecule has 0 saturated carbocycles. The number of benzene rings is 1. The Morgan fingerprint density at radius 3 is 3.11 bits per heavy atom. The van der Waals surface area contributed by atoms with Crippen LogP contribution in [0.4, 0.5) is 5.69 Å². The van der Waals surface area contributed by atoms with E-state index in [0.717, 1.165) is 27.0 Å². The third-order valence-corrected chi connectivity index (χ3v) is 4.26. The molecule has 0 amide bonds. The van der Waals surface area contributed by atoms with Crippen LogP contribution in [0.25, 0.3) is 10.9 Å². The highest BCUT2D eigenvalue weighted by Crippen LogP contribution is 2.30. The number of fused-ring (bicyclic) bond motifs is 1. The highest BCUT2D eigenvalue weighted by molar-refractivity contribution is 8.00. The quantitative estimate of drug-likeness (QED) is 0.716. The van der Waals surface area contributed by atoms with Crippen molar-refractivity contribution in [3.05, 3.63) is 41.0 Å². The van der Waals surface area contributed by atoms with Gasteiger partial charge in [-0.15, -0.1) is 0 Å². The molecule has 0 atom stereocenters. The number of hydrogen-bond acceptors (Lipinski definition) is 5. The molecule has 2 heterocycles. The van der Waals surface area contributed by atoms with E-state index >= 15 is 0 Å². The van der Waals surface area contributed by atoms with E-state index in [1.165, 1.54) is 23.5 Å². The Labute approximate surface area is 118 Å². The molecule has 6 heteroatoms. The summed E-state index contributed by atoms with van der Waals surface area (Å²) in [6.45, 7) is 2.02. The standard InChI is InChI=1S/C13H10N4S2/c1-8-2-11-9(4-14)5-15-13(11)12(3-8)17-19-10-6-16-18-7-10/h2-3,5-7,15,17H,1H3. The Morgan fingerprint density at radius 2 is 2.37 bits per heavy atom. The Balaban J connectivity index is 1.99. The van der Waals surface area contributed by atoms with Crippen molar-refractivity contribution in [2.45, 2.75) is 11.8 Å². The zero-order chi connectivity index (χ0) is 13.2. The molecule has 0 spiro atoms. The topological polar surface area (TPSA) is 64.5 Å². The molecule has 19 heavy (non-hydrogen) atoms. The first-order valence-corrected chi connectivity index (χ1v) is 7.27. The van der Waals surface area contributed by atoms with Gasteiger partial charge in [-0.1, -0.05) is 0 Å². The van der Waals surface area contributed by atoms with Crippen molar-refractivity contribution in [1.82, 2.24) is 9.36 Å². The summed E-state index contributed by atoms with van der Waals surface area (Å²) in [6, 6.07) is 6.28. The van der Waals surface area contributed by atoms with Crippen molar-refractivity contribution >= 4 is 40.1 Å². The van der Waals surface area contributed by atoms with E-state index in [2.05, 4.69) is 26.2 Å². The van der Waals surface area contributed by atoms with Gasteiger partial charge in [0.2, 0.25) is 0 Å². The number of aromatic nitrogens is 2. The lowest BCUT2D eigenvalue weighted by atomic mass is 10.1. The Bertz CT molecular complexity index is 753. The molecule has 0 aliphatic rings. The number of nitriles is 1. The van der Waals surface area contributed by atoms with Crippen molar-refractivity contribution in [1.29, 1.82) is 5.26 Å². The van der Waals surface area contributed by atoms with Gasteiger partial charge in [-0.2, -0.15) is 9.64 Å². The summed E-state index contributed by atoms with van der Waals surface area (Å²) >= 11 is 2.94. The maximum absolute atomic E-state index is 9.08. The van der Waals surface area contributed by atoms with Gasteiger partial charge < -0.3 is 9.71 Å². The first-order valence-electron chi connectivity index (χ1n) is 5.62. The Morgan fingerprint density at radius 1 is 1.47 bits per heavy atom. The minimum atomic E-state index is 0.670. The fourth-order valence-electron chi connectivity index (χ4n) is 1.91. The van der Waals surface area contributed by atoms with Crippen LogP contribution in [0.1, 0.15) is 11.1 Å². The third-order valence-electron chi connectivity index (χ3n) is 2.74. The molecule has 0 aliphatic heterocycles. The summed E-state index contributed by atoms with van der Waals surface area (Å²) < 4.78 is 7.37. The van der Waals surface area contributed by atoms with Crippen molar-refractivity contribution < 1.29 is 0 Å². The van der Waals surface area contributed by atoms with Crippen molar-refractivity contribution in [3.63, 3.8) is 0 Å². The van der Waals surface area contributed by atoms with Crippen molar-refractivity contribution in [2.75, 3.05) is 4.72 Å². The van der Waals surface area contributed by atoms with Gasteiger partial charge in [0.1, 0.15) is 6.07 Å². The van der Waals surface area contributed by atoms with E-state index in [0.29, 0.717) is 5.56 Å². The average Bonchev–Trinajstić information content (AvgIpc) is 3.04. The summed E-state index contributed by atoms with van der Waals surface area (Å²) in [6.07, 6.45) is 3.57. The molecule has 3 rings (SSSR count). The molecular weight excluding hydrogens is 276 g/mol. The summed E-state index contributed by atoms with van der Waals surface area (Å²) in [7, 11) is 0. The van der Waals surface area contributed by atoms with Crippen LogP contribution in [0.5, 0.6) is 0 Å². The van der Waals surface area contributed by atoms with Gasteiger partial charge in [0.15, 0.2) is 0 Å². The van der Waals surface area contributed by atoms with E-state index in [-0.39, 0.29) is 0 Å². The first-order chi connectivity index (χ1) is 9.28. The van der Waals surface area contributed by atoms with Crippen LogP contribution in [-0.4, -0.2) is 9.36 Å². The van der Waals surface area contributed by atoms with Gasteiger partial charge in [0, 0.05) is 17.0 Å². The minimum absolute atomic E-state index is 0.670. The smallest absolute Gasteiger partial charge is 0.101 e. The molecule has 1 aromatic carbocycles. The van der Waals surface area contributed by atoms with Crippen LogP contribution >= 0.6 is 23.5 Å². The number of anilines is 1. The number of rotatable bonds is 3. The van der Waals surface area contributed by atoms with Gasteiger partial charge in [0.05, 0.1) is 27.9 Å². The van der Waals surface area contributed by atoms with E-state index in [9.17, 15) is 0 Å². The fraction of sp³-hybridized carbons (Fsp3) is 0.0769. The van der Waals surface area contributed by atoms with Crippen molar-refractivity contribution in [3.8, 4) is 6.07 Å². The zero-order valence-electron chi connectivity index (χ0n) is 10.1. The molecule has 0 bridgehead atoms. The van der Waals surface area contributed by atoms with Gasteiger partial charge >= 0.3 is 0 Å². The molecule has 0 saturated heterocycles. The Hall–Kier alpha value is -1.97. The maximum Gasteiger partial charge on any atom is 0.101 e. The average molecular weight is 286 g/mol. The SMILES string of the molecule is Cc1cc(NSc2cnsc2)c2[nH]cc(C#N)c2c1. The number of H-pyrrole nitrogens is 1. The highest BCUT2D eigenvalue weighted by atomic mass is 32.2. The number of hydrogen-bond donors (Lipinski definition) is 2. The van der Waals surface area contributed by atoms with Gasteiger partial charge in [-0.25, -0.2) is 0 Å². The van der Waals surface area contributed by atoms with Gasteiger partial charge in [-0.3, -0.25) is 0 Å². The van der Waals surface area contributed by atoms with E-state index in [4.69, 9.17) is 5.26 Å². The predicted molar refractivity (Wildman–Crippen MR) is 79.3 cm³/mol. The molecule has 0 aliphatic carbocycles. The second-order valence-electron chi connectivity index (χ2n) is 4.11. The summed E-state index contributed by atoms with van der Waals surface area (Å²) in [5.74, 6) is 0. The Kier molecular flexibility index (Phi) is 3.15. The van der Waals surface area contributed by atoms with E-state index in [1.807, 2.05) is 24.6 Å². The molecule has 0 unspecified atom stereocenters. The monoisotopic (exact) mass is 286 g/mol.